The molecule has 1 aromatic carbocycles. The van der Waals surface area contributed by atoms with Gasteiger partial charge < -0.3 is 20.4 Å². The third kappa shape index (κ3) is 2.88. The summed E-state index contributed by atoms with van der Waals surface area (Å²) in [5, 5.41) is 22.6. The van der Waals surface area contributed by atoms with E-state index in [1.165, 1.54) is 25.0 Å². The number of halogens is 1. The SMILES string of the molecule is OC1CN(c2ccc(F)cc2CNC2CC2)CC1O. The van der Waals surface area contributed by atoms with E-state index in [1.54, 1.807) is 6.07 Å². The molecule has 0 bridgehead atoms. The standard InChI is InChI=1S/C14H19FN2O2/c15-10-1-4-12(17-7-13(18)14(19)8-17)9(5-10)6-16-11-2-3-11/h1,4-5,11,13-14,16,18-19H,2-3,6-8H2. The van der Waals surface area contributed by atoms with Crippen LogP contribution in [-0.4, -0.2) is 41.6 Å². The Labute approximate surface area is 111 Å². The quantitative estimate of drug-likeness (QED) is 0.748. The number of nitrogens with one attached hydrogen (secondary N) is 1. The first-order valence-electron chi connectivity index (χ1n) is 6.76. The van der Waals surface area contributed by atoms with E-state index < -0.39 is 12.2 Å². The predicted octanol–water partition coefficient (Wildman–Crippen LogP) is 0.619. The second kappa shape index (κ2) is 5.07. The molecule has 19 heavy (non-hydrogen) atoms. The molecule has 1 saturated heterocycles. The van der Waals surface area contributed by atoms with Gasteiger partial charge in [0.1, 0.15) is 5.82 Å². The van der Waals surface area contributed by atoms with Crippen molar-refractivity contribution >= 4 is 5.69 Å². The van der Waals surface area contributed by atoms with Crippen LogP contribution in [0.5, 0.6) is 0 Å². The van der Waals surface area contributed by atoms with Gasteiger partial charge in [-0.3, -0.25) is 0 Å². The number of benzene rings is 1. The molecule has 1 aliphatic carbocycles. The van der Waals surface area contributed by atoms with Gasteiger partial charge in [-0.1, -0.05) is 0 Å². The van der Waals surface area contributed by atoms with Crippen LogP contribution < -0.4 is 10.2 Å². The Hall–Kier alpha value is -1.17. The molecule has 2 unspecified atom stereocenters. The first-order chi connectivity index (χ1) is 9.13. The molecular weight excluding hydrogens is 247 g/mol. The van der Waals surface area contributed by atoms with E-state index in [9.17, 15) is 14.6 Å². The zero-order chi connectivity index (χ0) is 13.4. The Morgan fingerprint density at radius 3 is 2.53 bits per heavy atom. The molecule has 5 heteroatoms. The van der Waals surface area contributed by atoms with Gasteiger partial charge in [0, 0.05) is 31.4 Å². The molecule has 3 N–H and O–H groups in total. The summed E-state index contributed by atoms with van der Waals surface area (Å²) in [5.74, 6) is -0.253. The summed E-state index contributed by atoms with van der Waals surface area (Å²) >= 11 is 0. The first kappa shape index (κ1) is 12.8. The average Bonchev–Trinajstić information content (AvgIpc) is 3.14. The van der Waals surface area contributed by atoms with Crippen LogP contribution in [0, 0.1) is 5.82 Å². The molecule has 2 atom stereocenters. The Morgan fingerprint density at radius 2 is 1.89 bits per heavy atom. The van der Waals surface area contributed by atoms with E-state index >= 15 is 0 Å². The van der Waals surface area contributed by atoms with Gasteiger partial charge in [0.05, 0.1) is 12.2 Å². The molecule has 0 radical (unpaired) electrons. The number of hydrogen-bond acceptors (Lipinski definition) is 4. The van der Waals surface area contributed by atoms with Gasteiger partial charge in [-0.25, -0.2) is 4.39 Å². The number of nitrogens with zero attached hydrogens (tertiary/aromatic N) is 1. The van der Waals surface area contributed by atoms with Crippen molar-refractivity contribution in [1.29, 1.82) is 0 Å². The average molecular weight is 266 g/mol. The first-order valence-corrected chi connectivity index (χ1v) is 6.76. The molecular formula is C14H19FN2O2. The van der Waals surface area contributed by atoms with Gasteiger partial charge in [0.2, 0.25) is 0 Å². The van der Waals surface area contributed by atoms with Gasteiger partial charge in [-0.05, 0) is 36.6 Å². The molecule has 3 rings (SSSR count). The maximum Gasteiger partial charge on any atom is 0.123 e. The molecule has 1 aliphatic heterocycles. The lowest BCUT2D eigenvalue weighted by atomic mass is 10.1. The lowest BCUT2D eigenvalue weighted by molar-refractivity contribution is 0.0572. The Morgan fingerprint density at radius 1 is 1.21 bits per heavy atom. The highest BCUT2D eigenvalue weighted by Crippen LogP contribution is 2.27. The summed E-state index contributed by atoms with van der Waals surface area (Å²) in [5.41, 5.74) is 1.78. The lowest BCUT2D eigenvalue weighted by Crippen LogP contribution is -2.24. The Kier molecular flexibility index (Phi) is 3.43. The number of hydrogen-bond donors (Lipinski definition) is 3. The highest BCUT2D eigenvalue weighted by Gasteiger charge is 2.31. The fourth-order valence-electron chi connectivity index (χ4n) is 2.51. The van der Waals surface area contributed by atoms with E-state index in [-0.39, 0.29) is 5.82 Å². The fourth-order valence-corrected chi connectivity index (χ4v) is 2.51. The minimum atomic E-state index is -0.728. The minimum absolute atomic E-state index is 0.253. The van der Waals surface area contributed by atoms with Crippen LogP contribution in [0.15, 0.2) is 18.2 Å². The molecule has 4 nitrogen and oxygen atoms in total. The van der Waals surface area contributed by atoms with Crippen molar-refractivity contribution in [2.24, 2.45) is 0 Å². The van der Waals surface area contributed by atoms with Crippen molar-refractivity contribution in [2.45, 2.75) is 37.6 Å². The van der Waals surface area contributed by atoms with Crippen molar-refractivity contribution in [3.63, 3.8) is 0 Å². The van der Waals surface area contributed by atoms with Crippen molar-refractivity contribution in [3.8, 4) is 0 Å². The predicted molar refractivity (Wildman–Crippen MR) is 70.5 cm³/mol. The molecule has 1 heterocycles. The third-order valence-corrected chi connectivity index (χ3v) is 3.80. The summed E-state index contributed by atoms with van der Waals surface area (Å²) < 4.78 is 13.4. The van der Waals surface area contributed by atoms with Gasteiger partial charge in [0.25, 0.3) is 0 Å². The topological polar surface area (TPSA) is 55.7 Å². The van der Waals surface area contributed by atoms with E-state index in [0.29, 0.717) is 25.7 Å². The normalized spacial score (nSPS) is 27.0. The van der Waals surface area contributed by atoms with Gasteiger partial charge in [0.15, 0.2) is 0 Å². The minimum Gasteiger partial charge on any atom is -0.389 e. The molecule has 0 spiro atoms. The van der Waals surface area contributed by atoms with Gasteiger partial charge in [-0.2, -0.15) is 0 Å². The van der Waals surface area contributed by atoms with E-state index in [1.807, 2.05) is 4.90 Å². The number of anilines is 1. The largest absolute Gasteiger partial charge is 0.389 e. The highest BCUT2D eigenvalue weighted by molar-refractivity contribution is 5.55. The van der Waals surface area contributed by atoms with Gasteiger partial charge in [-0.15, -0.1) is 0 Å². The highest BCUT2D eigenvalue weighted by atomic mass is 19.1. The van der Waals surface area contributed by atoms with Crippen LogP contribution in [0.25, 0.3) is 0 Å². The number of rotatable bonds is 4. The molecule has 0 amide bonds. The van der Waals surface area contributed by atoms with E-state index in [4.69, 9.17) is 0 Å². The lowest BCUT2D eigenvalue weighted by Gasteiger charge is -2.21. The monoisotopic (exact) mass is 266 g/mol. The maximum atomic E-state index is 13.4. The van der Waals surface area contributed by atoms with Crippen LogP contribution in [0.4, 0.5) is 10.1 Å². The van der Waals surface area contributed by atoms with Gasteiger partial charge >= 0.3 is 0 Å². The summed E-state index contributed by atoms with van der Waals surface area (Å²) in [7, 11) is 0. The summed E-state index contributed by atoms with van der Waals surface area (Å²) in [4.78, 5) is 1.92. The number of aliphatic hydroxyl groups excluding tert-OH is 2. The van der Waals surface area contributed by atoms with Crippen molar-refractivity contribution < 1.29 is 14.6 Å². The fraction of sp³-hybridized carbons (Fsp3) is 0.571. The summed E-state index contributed by atoms with van der Waals surface area (Å²) in [6, 6.07) is 5.24. The van der Waals surface area contributed by atoms with Crippen molar-refractivity contribution in [2.75, 3.05) is 18.0 Å². The van der Waals surface area contributed by atoms with Crippen LogP contribution in [0.2, 0.25) is 0 Å². The summed E-state index contributed by atoms with van der Waals surface area (Å²) in [6.45, 7) is 1.41. The smallest absolute Gasteiger partial charge is 0.123 e. The zero-order valence-electron chi connectivity index (χ0n) is 10.7. The number of β-amino-alcohol motifs (C(OH)–C–C–N with tert-alkyl or cyclic N) is 2. The molecule has 1 saturated carbocycles. The molecule has 2 fully saturated rings. The van der Waals surface area contributed by atoms with E-state index in [0.717, 1.165) is 11.3 Å². The third-order valence-electron chi connectivity index (χ3n) is 3.80. The van der Waals surface area contributed by atoms with Crippen molar-refractivity contribution in [3.05, 3.63) is 29.6 Å². The Balaban J connectivity index is 1.78. The van der Waals surface area contributed by atoms with Crippen LogP contribution >= 0.6 is 0 Å². The van der Waals surface area contributed by atoms with Crippen molar-refractivity contribution in [1.82, 2.24) is 5.32 Å². The second-order valence-corrected chi connectivity index (χ2v) is 5.47. The second-order valence-electron chi connectivity index (χ2n) is 5.47. The van der Waals surface area contributed by atoms with E-state index in [2.05, 4.69) is 5.32 Å². The molecule has 1 aromatic rings. The summed E-state index contributed by atoms with van der Waals surface area (Å²) in [6.07, 6.45) is 0.918. The van der Waals surface area contributed by atoms with Crippen LogP contribution in [0.3, 0.4) is 0 Å². The maximum absolute atomic E-state index is 13.4. The zero-order valence-corrected chi connectivity index (χ0v) is 10.7. The van der Waals surface area contributed by atoms with Crippen LogP contribution in [0.1, 0.15) is 18.4 Å². The van der Waals surface area contributed by atoms with Crippen LogP contribution in [-0.2, 0) is 6.54 Å². The Bertz CT molecular complexity index is 455. The molecule has 0 aromatic heterocycles. The molecule has 104 valence electrons. The molecule has 2 aliphatic rings. The number of aliphatic hydroxyl groups is 2.